The highest BCUT2D eigenvalue weighted by Gasteiger charge is 2.15. The van der Waals surface area contributed by atoms with E-state index in [9.17, 15) is 13.2 Å². The molecule has 0 saturated heterocycles. The Bertz CT molecular complexity index is 496. The largest absolute Gasteiger partial charge is 0.465 e. The second-order valence-corrected chi connectivity index (χ2v) is 5.18. The number of carbonyl (C=O) groups is 1. The summed E-state index contributed by atoms with van der Waals surface area (Å²) in [6.07, 6.45) is 0.704. The van der Waals surface area contributed by atoms with Crippen molar-refractivity contribution in [3.63, 3.8) is 0 Å². The number of carbonyl (C=O) groups excluding carboxylic acids is 1. The number of esters is 1. The third-order valence-electron chi connectivity index (χ3n) is 2.11. The van der Waals surface area contributed by atoms with E-state index < -0.39 is 16.0 Å². The Balaban J connectivity index is 3.03. The lowest BCUT2D eigenvalue weighted by molar-refractivity contribution is 0.0600. The highest BCUT2D eigenvalue weighted by Crippen LogP contribution is 2.12. The van der Waals surface area contributed by atoms with Crippen LogP contribution in [0.25, 0.3) is 0 Å². The smallest absolute Gasteiger partial charge is 0.337 e. The summed E-state index contributed by atoms with van der Waals surface area (Å²) in [5.74, 6) is -0.558. The number of rotatable bonds is 5. The molecule has 0 spiro atoms. The van der Waals surface area contributed by atoms with E-state index in [1.165, 1.54) is 31.4 Å². The van der Waals surface area contributed by atoms with Gasteiger partial charge < -0.3 is 4.74 Å². The van der Waals surface area contributed by atoms with Gasteiger partial charge in [0.05, 0.1) is 17.6 Å². The summed E-state index contributed by atoms with van der Waals surface area (Å²) in [4.78, 5) is 11.3. The van der Waals surface area contributed by atoms with Crippen LogP contribution in [-0.2, 0) is 14.8 Å². The normalized spacial score (nSPS) is 11.2. The Morgan fingerprint density at radius 3 is 2.71 bits per heavy atom. The molecule has 0 aromatic heterocycles. The van der Waals surface area contributed by atoms with Gasteiger partial charge in [0.2, 0.25) is 10.0 Å². The molecule has 6 heteroatoms. The Hall–Kier alpha value is -1.40. The maximum atomic E-state index is 11.8. The zero-order valence-corrected chi connectivity index (χ0v) is 10.6. The van der Waals surface area contributed by atoms with Crippen LogP contribution < -0.4 is 4.72 Å². The Labute approximate surface area is 101 Å². The zero-order valence-electron chi connectivity index (χ0n) is 9.76. The molecular formula is C11H15NO4S. The summed E-state index contributed by atoms with van der Waals surface area (Å²) in [6, 6.07) is 5.74. The number of sulfonamides is 1. The fourth-order valence-corrected chi connectivity index (χ4v) is 2.41. The van der Waals surface area contributed by atoms with Crippen molar-refractivity contribution in [1.82, 2.24) is 4.72 Å². The lowest BCUT2D eigenvalue weighted by Gasteiger charge is -2.06. The third kappa shape index (κ3) is 3.54. The van der Waals surface area contributed by atoms with Crippen LogP contribution in [0.15, 0.2) is 29.2 Å². The Morgan fingerprint density at radius 1 is 1.41 bits per heavy atom. The highest BCUT2D eigenvalue weighted by atomic mass is 32.2. The molecule has 0 heterocycles. The molecule has 0 amide bonds. The first-order valence-corrected chi connectivity index (χ1v) is 6.67. The molecule has 0 fully saturated rings. The zero-order chi connectivity index (χ0) is 12.9. The van der Waals surface area contributed by atoms with Crippen LogP contribution >= 0.6 is 0 Å². The summed E-state index contributed by atoms with van der Waals surface area (Å²) in [5.41, 5.74) is 0.215. The Morgan fingerprint density at radius 2 is 2.12 bits per heavy atom. The van der Waals surface area contributed by atoms with E-state index in [1.807, 2.05) is 6.92 Å². The van der Waals surface area contributed by atoms with Crippen molar-refractivity contribution in [2.24, 2.45) is 0 Å². The monoisotopic (exact) mass is 257 g/mol. The van der Waals surface area contributed by atoms with Gasteiger partial charge in [0.15, 0.2) is 0 Å². The standard InChI is InChI=1S/C11H15NO4S/c1-3-7-12-17(14,15)10-6-4-5-9(8-10)11(13)16-2/h4-6,8,12H,3,7H2,1-2H3. The maximum absolute atomic E-state index is 11.8. The van der Waals surface area contributed by atoms with Crippen molar-refractivity contribution in [3.8, 4) is 0 Å². The lowest BCUT2D eigenvalue weighted by atomic mass is 10.2. The number of hydrogen-bond donors (Lipinski definition) is 1. The molecule has 17 heavy (non-hydrogen) atoms. The fourth-order valence-electron chi connectivity index (χ4n) is 1.23. The van der Waals surface area contributed by atoms with Gasteiger partial charge in [0, 0.05) is 6.54 Å². The number of benzene rings is 1. The molecule has 0 unspecified atom stereocenters. The minimum absolute atomic E-state index is 0.0638. The number of methoxy groups -OCH3 is 1. The molecule has 0 bridgehead atoms. The van der Waals surface area contributed by atoms with E-state index in [4.69, 9.17) is 0 Å². The molecule has 0 aliphatic rings. The molecule has 1 aromatic carbocycles. The van der Waals surface area contributed by atoms with Gasteiger partial charge in [0.25, 0.3) is 0 Å². The van der Waals surface area contributed by atoms with Crippen LogP contribution in [-0.4, -0.2) is 28.0 Å². The number of ether oxygens (including phenoxy) is 1. The predicted molar refractivity (Wildman–Crippen MR) is 63.3 cm³/mol. The highest BCUT2D eigenvalue weighted by molar-refractivity contribution is 7.89. The van der Waals surface area contributed by atoms with Crippen LogP contribution in [0.5, 0.6) is 0 Å². The van der Waals surface area contributed by atoms with Crippen LogP contribution in [0.3, 0.4) is 0 Å². The molecule has 0 aliphatic heterocycles. The van der Waals surface area contributed by atoms with Crippen molar-refractivity contribution in [1.29, 1.82) is 0 Å². The molecule has 1 aromatic rings. The predicted octanol–water partition coefficient (Wildman–Crippen LogP) is 1.16. The average molecular weight is 257 g/mol. The average Bonchev–Trinajstić information content (AvgIpc) is 2.35. The molecule has 0 atom stereocenters. The van der Waals surface area contributed by atoms with Gasteiger partial charge in [-0.15, -0.1) is 0 Å². The first-order chi connectivity index (χ1) is 8.01. The van der Waals surface area contributed by atoms with Gasteiger partial charge in [-0.2, -0.15) is 0 Å². The molecule has 0 saturated carbocycles. The Kier molecular flexibility index (Phi) is 4.65. The van der Waals surface area contributed by atoms with Gasteiger partial charge in [-0.25, -0.2) is 17.9 Å². The SMILES string of the molecule is CCCNS(=O)(=O)c1cccc(C(=O)OC)c1. The van der Waals surface area contributed by atoms with Gasteiger partial charge in [-0.1, -0.05) is 13.0 Å². The van der Waals surface area contributed by atoms with E-state index in [0.717, 1.165) is 0 Å². The van der Waals surface area contributed by atoms with Crippen molar-refractivity contribution >= 4 is 16.0 Å². The van der Waals surface area contributed by atoms with Crippen LogP contribution in [0.1, 0.15) is 23.7 Å². The first-order valence-electron chi connectivity index (χ1n) is 5.19. The van der Waals surface area contributed by atoms with Crippen LogP contribution in [0.4, 0.5) is 0 Å². The summed E-state index contributed by atoms with van der Waals surface area (Å²) in [7, 11) is -2.30. The second kappa shape index (κ2) is 5.79. The first kappa shape index (κ1) is 13.7. The summed E-state index contributed by atoms with van der Waals surface area (Å²) < 4.78 is 30.5. The summed E-state index contributed by atoms with van der Waals surface area (Å²) in [6.45, 7) is 2.23. The van der Waals surface area contributed by atoms with Crippen molar-refractivity contribution < 1.29 is 17.9 Å². The summed E-state index contributed by atoms with van der Waals surface area (Å²) >= 11 is 0. The second-order valence-electron chi connectivity index (χ2n) is 3.42. The number of hydrogen-bond acceptors (Lipinski definition) is 4. The van der Waals surface area contributed by atoms with Crippen LogP contribution in [0, 0.1) is 0 Å². The topological polar surface area (TPSA) is 72.5 Å². The maximum Gasteiger partial charge on any atom is 0.337 e. The molecule has 1 N–H and O–H groups in total. The quantitative estimate of drug-likeness (QED) is 0.803. The van der Waals surface area contributed by atoms with E-state index in [2.05, 4.69) is 9.46 Å². The minimum Gasteiger partial charge on any atom is -0.465 e. The van der Waals surface area contributed by atoms with E-state index in [1.54, 1.807) is 0 Å². The molecule has 0 radical (unpaired) electrons. The summed E-state index contributed by atoms with van der Waals surface area (Å²) in [5, 5.41) is 0. The molecule has 0 aliphatic carbocycles. The lowest BCUT2D eigenvalue weighted by Crippen LogP contribution is -2.24. The molecule has 1 rings (SSSR count). The van der Waals surface area contributed by atoms with E-state index >= 15 is 0 Å². The van der Waals surface area contributed by atoms with Crippen molar-refractivity contribution in [3.05, 3.63) is 29.8 Å². The van der Waals surface area contributed by atoms with Gasteiger partial charge in [0.1, 0.15) is 0 Å². The van der Waals surface area contributed by atoms with E-state index in [-0.39, 0.29) is 10.5 Å². The fraction of sp³-hybridized carbons (Fsp3) is 0.364. The van der Waals surface area contributed by atoms with Crippen LogP contribution in [0.2, 0.25) is 0 Å². The molecule has 94 valence electrons. The van der Waals surface area contributed by atoms with Gasteiger partial charge >= 0.3 is 5.97 Å². The van der Waals surface area contributed by atoms with Gasteiger partial charge in [-0.05, 0) is 24.6 Å². The van der Waals surface area contributed by atoms with Gasteiger partial charge in [-0.3, -0.25) is 0 Å². The molecule has 5 nitrogen and oxygen atoms in total. The minimum atomic E-state index is -3.54. The van der Waals surface area contributed by atoms with Crippen molar-refractivity contribution in [2.75, 3.05) is 13.7 Å². The molecular weight excluding hydrogens is 242 g/mol. The van der Waals surface area contributed by atoms with Crippen molar-refractivity contribution in [2.45, 2.75) is 18.2 Å². The van der Waals surface area contributed by atoms with E-state index in [0.29, 0.717) is 13.0 Å². The third-order valence-corrected chi connectivity index (χ3v) is 3.57. The number of nitrogens with one attached hydrogen (secondary N) is 1.